The Bertz CT molecular complexity index is 431. The van der Waals surface area contributed by atoms with Crippen molar-refractivity contribution in [3.8, 4) is 0 Å². The number of allylic oxidation sites excluding steroid dienone is 4. The van der Waals surface area contributed by atoms with E-state index in [0.29, 0.717) is 24.0 Å². The van der Waals surface area contributed by atoms with Gasteiger partial charge in [-0.05, 0) is 25.7 Å². The molecule has 0 bridgehead atoms. The highest BCUT2D eigenvalue weighted by Crippen LogP contribution is 2.34. The summed E-state index contributed by atoms with van der Waals surface area (Å²) in [7, 11) is 0. The summed E-state index contributed by atoms with van der Waals surface area (Å²) < 4.78 is 0. The van der Waals surface area contributed by atoms with Gasteiger partial charge in [-0.1, -0.05) is 75.6 Å². The van der Waals surface area contributed by atoms with Gasteiger partial charge in [-0.2, -0.15) is 0 Å². The van der Waals surface area contributed by atoms with Crippen molar-refractivity contribution in [1.29, 1.82) is 0 Å². The van der Waals surface area contributed by atoms with Gasteiger partial charge in [0.05, 0.1) is 10.1 Å². The number of hydrogen-bond donors (Lipinski definition) is 0. The van der Waals surface area contributed by atoms with Crippen LogP contribution in [0.2, 0.25) is 0 Å². The average Bonchev–Trinajstić information content (AvgIpc) is 2.51. The van der Waals surface area contributed by atoms with Crippen molar-refractivity contribution < 1.29 is 9.59 Å². The highest BCUT2D eigenvalue weighted by molar-refractivity contribution is 6.56. The Morgan fingerprint density at radius 3 is 1.32 bits per heavy atom. The van der Waals surface area contributed by atoms with Gasteiger partial charge in [0.2, 0.25) is 11.6 Å². The molecule has 0 radical (unpaired) electrons. The van der Waals surface area contributed by atoms with Crippen molar-refractivity contribution in [1.82, 2.24) is 0 Å². The topological polar surface area (TPSA) is 34.1 Å². The molecule has 124 valence electrons. The Kier molecular flexibility index (Phi) is 9.04. The van der Waals surface area contributed by atoms with Gasteiger partial charge in [0, 0.05) is 11.1 Å². The van der Waals surface area contributed by atoms with Crippen LogP contribution in [0, 0.1) is 0 Å². The molecule has 0 saturated carbocycles. The maximum absolute atomic E-state index is 12.4. The van der Waals surface area contributed by atoms with E-state index < -0.39 is 0 Å². The molecule has 0 N–H and O–H groups in total. The lowest BCUT2D eigenvalue weighted by molar-refractivity contribution is -0.116. The highest BCUT2D eigenvalue weighted by Gasteiger charge is 2.32. The third kappa shape index (κ3) is 5.24. The molecule has 1 rings (SSSR count). The fraction of sp³-hybridized carbons (Fsp3) is 0.667. The number of ketones is 2. The minimum Gasteiger partial charge on any atom is -0.288 e. The fourth-order valence-corrected chi connectivity index (χ4v) is 3.23. The van der Waals surface area contributed by atoms with Crippen LogP contribution in [0.25, 0.3) is 0 Å². The number of rotatable bonds is 10. The standard InChI is InChI=1S/C18H26Cl2O2/c1-3-5-7-9-11-13-15(19)18(22)14(16(20)17(13)21)12-10-8-6-4-2/h3-12H2,1-2H3. The molecule has 2 nitrogen and oxygen atoms in total. The highest BCUT2D eigenvalue weighted by atomic mass is 35.5. The van der Waals surface area contributed by atoms with Gasteiger partial charge in [0.25, 0.3) is 0 Å². The fourth-order valence-electron chi connectivity index (χ4n) is 2.64. The molecule has 0 aromatic heterocycles. The zero-order chi connectivity index (χ0) is 16.5. The summed E-state index contributed by atoms with van der Waals surface area (Å²) in [5, 5.41) is 0.188. The first-order valence-electron chi connectivity index (χ1n) is 8.41. The molecule has 0 amide bonds. The number of carbonyl (C=O) groups is 2. The predicted octanol–water partition coefficient (Wildman–Crippen LogP) is 6.06. The molecule has 0 unspecified atom stereocenters. The van der Waals surface area contributed by atoms with Crippen LogP contribution in [0.1, 0.15) is 78.1 Å². The number of unbranched alkanes of at least 4 members (excludes halogenated alkanes) is 6. The molecule has 22 heavy (non-hydrogen) atoms. The molecule has 0 fully saturated rings. The average molecular weight is 345 g/mol. The quantitative estimate of drug-likeness (QED) is 0.356. The Morgan fingerprint density at radius 2 is 1.00 bits per heavy atom. The first-order chi connectivity index (χ1) is 10.5. The molecule has 0 atom stereocenters. The van der Waals surface area contributed by atoms with Gasteiger partial charge >= 0.3 is 0 Å². The van der Waals surface area contributed by atoms with Crippen LogP contribution < -0.4 is 0 Å². The third-order valence-corrected chi connectivity index (χ3v) is 4.84. The van der Waals surface area contributed by atoms with E-state index in [4.69, 9.17) is 23.2 Å². The van der Waals surface area contributed by atoms with E-state index >= 15 is 0 Å². The number of carbonyl (C=O) groups excluding carboxylic acids is 2. The summed E-state index contributed by atoms with van der Waals surface area (Å²) in [4.78, 5) is 24.7. The summed E-state index contributed by atoms with van der Waals surface area (Å²) in [5.41, 5.74) is 0.815. The van der Waals surface area contributed by atoms with Crippen molar-refractivity contribution >= 4 is 34.8 Å². The van der Waals surface area contributed by atoms with E-state index in [2.05, 4.69) is 13.8 Å². The minimum absolute atomic E-state index is 0.0939. The monoisotopic (exact) mass is 344 g/mol. The van der Waals surface area contributed by atoms with Crippen LogP contribution in [-0.4, -0.2) is 11.6 Å². The molecule has 1 aliphatic carbocycles. The molecule has 0 heterocycles. The molecule has 0 saturated heterocycles. The largest absolute Gasteiger partial charge is 0.288 e. The molecule has 0 aromatic rings. The summed E-state index contributed by atoms with van der Waals surface area (Å²) in [6.45, 7) is 4.26. The van der Waals surface area contributed by atoms with Gasteiger partial charge in [0.1, 0.15) is 0 Å². The zero-order valence-electron chi connectivity index (χ0n) is 13.6. The lowest BCUT2D eigenvalue weighted by atomic mass is 9.90. The normalized spacial score (nSPS) is 16.0. The van der Waals surface area contributed by atoms with Crippen LogP contribution in [0.4, 0.5) is 0 Å². The Morgan fingerprint density at radius 1 is 0.636 bits per heavy atom. The van der Waals surface area contributed by atoms with E-state index in [1.54, 1.807) is 0 Å². The predicted molar refractivity (Wildman–Crippen MR) is 93.3 cm³/mol. The third-order valence-electron chi connectivity index (χ3n) is 4.04. The lowest BCUT2D eigenvalue weighted by Crippen LogP contribution is -2.20. The molecule has 0 aliphatic heterocycles. The second kappa shape index (κ2) is 10.2. The van der Waals surface area contributed by atoms with Crippen LogP contribution in [0.5, 0.6) is 0 Å². The van der Waals surface area contributed by atoms with E-state index in [0.717, 1.165) is 51.4 Å². The van der Waals surface area contributed by atoms with Crippen molar-refractivity contribution in [2.24, 2.45) is 0 Å². The van der Waals surface area contributed by atoms with Crippen molar-refractivity contribution in [3.05, 3.63) is 21.2 Å². The SMILES string of the molecule is CCCCCCC1=C(Cl)C(=O)C(CCCCCC)=C(Cl)C1=O. The van der Waals surface area contributed by atoms with Gasteiger partial charge < -0.3 is 0 Å². The van der Waals surface area contributed by atoms with Crippen LogP contribution in [-0.2, 0) is 9.59 Å². The molecule has 4 heteroatoms. The van der Waals surface area contributed by atoms with Gasteiger partial charge in [-0.15, -0.1) is 0 Å². The maximum atomic E-state index is 12.4. The molecule has 0 aromatic carbocycles. The first kappa shape index (κ1) is 19.4. The van der Waals surface area contributed by atoms with Crippen molar-refractivity contribution in [2.75, 3.05) is 0 Å². The summed E-state index contributed by atoms with van der Waals surface area (Å²) in [6.07, 6.45) is 9.41. The van der Waals surface area contributed by atoms with E-state index in [9.17, 15) is 9.59 Å². The van der Waals surface area contributed by atoms with Gasteiger partial charge in [0.15, 0.2) is 0 Å². The Labute approximate surface area is 143 Å². The van der Waals surface area contributed by atoms with E-state index in [1.165, 1.54) is 0 Å². The maximum Gasteiger partial charge on any atom is 0.202 e. The van der Waals surface area contributed by atoms with Crippen molar-refractivity contribution in [3.63, 3.8) is 0 Å². The second-order valence-electron chi connectivity index (χ2n) is 5.86. The minimum atomic E-state index is -0.242. The smallest absolute Gasteiger partial charge is 0.202 e. The Hall–Kier alpha value is -0.600. The number of Topliss-reactive ketones (excluding diaryl/α,β-unsaturated/α-hetero) is 2. The number of halogens is 2. The molecule has 1 aliphatic rings. The lowest BCUT2D eigenvalue weighted by Gasteiger charge is -2.18. The van der Waals surface area contributed by atoms with Crippen LogP contribution in [0.15, 0.2) is 21.2 Å². The van der Waals surface area contributed by atoms with E-state index in [1.807, 2.05) is 0 Å². The molecular weight excluding hydrogens is 319 g/mol. The van der Waals surface area contributed by atoms with Crippen molar-refractivity contribution in [2.45, 2.75) is 78.1 Å². The van der Waals surface area contributed by atoms with Crippen LogP contribution in [0.3, 0.4) is 0 Å². The molecular formula is C18H26Cl2O2. The summed E-state index contributed by atoms with van der Waals surface area (Å²) >= 11 is 12.3. The second-order valence-corrected chi connectivity index (χ2v) is 6.62. The van der Waals surface area contributed by atoms with Gasteiger partial charge in [-0.25, -0.2) is 0 Å². The number of hydrogen-bond acceptors (Lipinski definition) is 2. The Balaban J connectivity index is 2.71. The summed E-state index contributed by atoms with van der Waals surface area (Å²) in [6, 6.07) is 0. The first-order valence-corrected chi connectivity index (χ1v) is 9.16. The summed E-state index contributed by atoms with van der Waals surface area (Å²) in [5.74, 6) is -0.485. The van der Waals surface area contributed by atoms with E-state index in [-0.39, 0.29) is 21.6 Å². The van der Waals surface area contributed by atoms with Crippen LogP contribution >= 0.6 is 23.2 Å². The molecule has 0 spiro atoms. The zero-order valence-corrected chi connectivity index (χ0v) is 15.2. The van der Waals surface area contributed by atoms with Gasteiger partial charge in [-0.3, -0.25) is 9.59 Å².